The van der Waals surface area contributed by atoms with Crippen molar-refractivity contribution in [3.8, 4) is 0 Å². The fraction of sp³-hybridized carbons (Fsp3) is 0.429. The molecule has 0 saturated heterocycles. The summed E-state index contributed by atoms with van der Waals surface area (Å²) in [4.78, 5) is 0. The van der Waals surface area contributed by atoms with E-state index in [-0.39, 0.29) is 11.2 Å². The van der Waals surface area contributed by atoms with Gasteiger partial charge in [0, 0.05) is 12.0 Å². The van der Waals surface area contributed by atoms with Crippen LogP contribution in [0.1, 0.15) is 25.3 Å². The van der Waals surface area contributed by atoms with Crippen LogP contribution in [0, 0.1) is 5.82 Å². The molecule has 0 unspecified atom stereocenters. The molecule has 1 N–H and O–H groups in total. The fourth-order valence-electron chi connectivity index (χ4n) is 2.42. The summed E-state index contributed by atoms with van der Waals surface area (Å²) in [7, 11) is 0. The lowest BCUT2D eigenvalue weighted by atomic mass is 9.78. The summed E-state index contributed by atoms with van der Waals surface area (Å²) in [6.07, 6.45) is 6.18. The van der Waals surface area contributed by atoms with Crippen LogP contribution in [-0.2, 0) is 5.41 Å². The number of benzene rings is 1. The summed E-state index contributed by atoms with van der Waals surface area (Å²) in [5, 5.41) is 3.35. The van der Waals surface area contributed by atoms with Crippen molar-refractivity contribution in [1.29, 1.82) is 0 Å². The van der Waals surface area contributed by atoms with E-state index >= 15 is 0 Å². The molecule has 1 aliphatic rings. The van der Waals surface area contributed by atoms with Gasteiger partial charge in [-0.25, -0.2) is 4.39 Å². The molecule has 0 radical (unpaired) electrons. The highest BCUT2D eigenvalue weighted by Gasteiger charge is 2.34. The van der Waals surface area contributed by atoms with Crippen LogP contribution in [0.3, 0.4) is 0 Å². The number of halogens is 1. The predicted molar refractivity (Wildman–Crippen MR) is 65.0 cm³/mol. The maximum Gasteiger partial charge on any atom is 0.127 e. The topological polar surface area (TPSA) is 12.0 Å². The second kappa shape index (κ2) is 4.79. The van der Waals surface area contributed by atoms with Gasteiger partial charge in [0.05, 0.1) is 0 Å². The van der Waals surface area contributed by atoms with E-state index in [1.807, 2.05) is 12.1 Å². The Morgan fingerprint density at radius 3 is 2.56 bits per heavy atom. The van der Waals surface area contributed by atoms with Gasteiger partial charge >= 0.3 is 0 Å². The third kappa shape index (κ3) is 2.03. The van der Waals surface area contributed by atoms with Crippen LogP contribution in [0.25, 0.3) is 0 Å². The first-order chi connectivity index (χ1) is 7.78. The monoisotopic (exact) mass is 219 g/mol. The summed E-state index contributed by atoms with van der Waals surface area (Å²) < 4.78 is 13.9. The van der Waals surface area contributed by atoms with Crippen LogP contribution in [-0.4, -0.2) is 13.1 Å². The first kappa shape index (κ1) is 11.3. The van der Waals surface area contributed by atoms with E-state index in [0.29, 0.717) is 0 Å². The molecule has 0 heterocycles. The fourth-order valence-corrected chi connectivity index (χ4v) is 2.42. The van der Waals surface area contributed by atoms with Crippen LogP contribution in [0.4, 0.5) is 4.39 Å². The number of allylic oxidation sites excluding steroid dienone is 2. The Balaban J connectivity index is 2.29. The highest BCUT2D eigenvalue weighted by Crippen LogP contribution is 2.37. The molecule has 16 heavy (non-hydrogen) atoms. The molecular formula is C14H18FN. The molecule has 0 atom stereocenters. The van der Waals surface area contributed by atoms with E-state index in [1.165, 1.54) is 0 Å². The Morgan fingerprint density at radius 1 is 1.25 bits per heavy atom. The Bertz CT molecular complexity index is 376. The van der Waals surface area contributed by atoms with Gasteiger partial charge in [0.1, 0.15) is 5.82 Å². The number of nitrogens with one attached hydrogen (secondary N) is 1. The maximum atomic E-state index is 13.9. The minimum atomic E-state index is -0.0795. The number of rotatable bonds is 4. The summed E-state index contributed by atoms with van der Waals surface area (Å²) in [6, 6.07) is 7.15. The van der Waals surface area contributed by atoms with E-state index in [2.05, 4.69) is 24.4 Å². The van der Waals surface area contributed by atoms with Crippen molar-refractivity contribution in [2.24, 2.45) is 0 Å². The lowest BCUT2D eigenvalue weighted by molar-refractivity contribution is 0.404. The third-order valence-electron chi connectivity index (χ3n) is 3.34. The standard InChI is InChI=1S/C14H18FN/c1-2-16-11-14(9-5-6-10-14)12-7-3-4-8-13(12)15/h3-8,16H,2,9-11H2,1H3. The van der Waals surface area contributed by atoms with Gasteiger partial charge < -0.3 is 5.32 Å². The molecule has 0 fully saturated rings. The molecule has 1 aromatic rings. The second-order valence-corrected chi connectivity index (χ2v) is 4.42. The van der Waals surface area contributed by atoms with Gasteiger partial charge in [-0.15, -0.1) is 0 Å². The van der Waals surface area contributed by atoms with Crippen molar-refractivity contribution in [2.45, 2.75) is 25.2 Å². The lowest BCUT2D eigenvalue weighted by Crippen LogP contribution is -2.36. The first-order valence-corrected chi connectivity index (χ1v) is 5.89. The minimum Gasteiger partial charge on any atom is -0.316 e. The number of hydrogen-bond acceptors (Lipinski definition) is 1. The molecule has 86 valence electrons. The van der Waals surface area contributed by atoms with E-state index < -0.39 is 0 Å². The molecule has 1 aromatic carbocycles. The quantitative estimate of drug-likeness (QED) is 0.767. The van der Waals surface area contributed by atoms with Gasteiger partial charge in [-0.2, -0.15) is 0 Å². The van der Waals surface area contributed by atoms with E-state index in [0.717, 1.165) is 31.5 Å². The smallest absolute Gasteiger partial charge is 0.127 e. The van der Waals surface area contributed by atoms with Crippen LogP contribution < -0.4 is 5.32 Å². The Morgan fingerprint density at radius 2 is 1.94 bits per heavy atom. The molecule has 0 aromatic heterocycles. The third-order valence-corrected chi connectivity index (χ3v) is 3.34. The highest BCUT2D eigenvalue weighted by molar-refractivity contribution is 5.32. The largest absolute Gasteiger partial charge is 0.316 e. The van der Waals surface area contributed by atoms with Crippen LogP contribution in [0.15, 0.2) is 36.4 Å². The maximum absolute atomic E-state index is 13.9. The second-order valence-electron chi connectivity index (χ2n) is 4.42. The average molecular weight is 219 g/mol. The van der Waals surface area contributed by atoms with Crippen molar-refractivity contribution >= 4 is 0 Å². The van der Waals surface area contributed by atoms with Crippen molar-refractivity contribution in [3.63, 3.8) is 0 Å². The minimum absolute atomic E-state index is 0.0681. The Kier molecular flexibility index (Phi) is 3.39. The van der Waals surface area contributed by atoms with E-state index in [9.17, 15) is 4.39 Å². The van der Waals surface area contributed by atoms with Crippen LogP contribution >= 0.6 is 0 Å². The predicted octanol–water partition coefficient (Wildman–Crippen LogP) is 3.02. The molecule has 0 bridgehead atoms. The SMILES string of the molecule is CCNCC1(c2ccccc2F)CC=CC1. The number of hydrogen-bond donors (Lipinski definition) is 1. The summed E-state index contributed by atoms with van der Waals surface area (Å²) in [5.41, 5.74) is 0.780. The lowest BCUT2D eigenvalue weighted by Gasteiger charge is -2.30. The summed E-state index contributed by atoms with van der Waals surface area (Å²) in [6.45, 7) is 3.85. The van der Waals surface area contributed by atoms with Crippen LogP contribution in [0.2, 0.25) is 0 Å². The van der Waals surface area contributed by atoms with E-state index in [1.54, 1.807) is 12.1 Å². The summed E-state index contributed by atoms with van der Waals surface area (Å²) in [5.74, 6) is -0.0795. The molecule has 1 aliphatic carbocycles. The van der Waals surface area contributed by atoms with Crippen molar-refractivity contribution in [1.82, 2.24) is 5.32 Å². The van der Waals surface area contributed by atoms with Crippen molar-refractivity contribution in [3.05, 3.63) is 47.8 Å². The summed E-state index contributed by atoms with van der Waals surface area (Å²) >= 11 is 0. The molecule has 0 amide bonds. The van der Waals surface area contributed by atoms with Gasteiger partial charge in [0.2, 0.25) is 0 Å². The van der Waals surface area contributed by atoms with Crippen molar-refractivity contribution in [2.75, 3.05) is 13.1 Å². The highest BCUT2D eigenvalue weighted by atomic mass is 19.1. The van der Waals surface area contributed by atoms with Crippen LogP contribution in [0.5, 0.6) is 0 Å². The zero-order valence-electron chi connectivity index (χ0n) is 9.67. The van der Waals surface area contributed by atoms with Crippen molar-refractivity contribution < 1.29 is 4.39 Å². The molecule has 0 saturated carbocycles. The Hall–Kier alpha value is -1.15. The molecule has 2 heteroatoms. The Labute approximate surface area is 96.4 Å². The normalized spacial score (nSPS) is 17.9. The zero-order chi connectivity index (χ0) is 11.4. The van der Waals surface area contributed by atoms with E-state index in [4.69, 9.17) is 0 Å². The molecule has 2 rings (SSSR count). The van der Waals surface area contributed by atoms with Gasteiger partial charge in [-0.1, -0.05) is 37.3 Å². The molecule has 0 aliphatic heterocycles. The van der Waals surface area contributed by atoms with Gasteiger partial charge in [0.25, 0.3) is 0 Å². The zero-order valence-corrected chi connectivity index (χ0v) is 9.67. The van der Waals surface area contributed by atoms with Gasteiger partial charge in [-0.3, -0.25) is 0 Å². The van der Waals surface area contributed by atoms with Gasteiger partial charge in [0.15, 0.2) is 0 Å². The molecule has 0 spiro atoms. The number of likely N-dealkylation sites (N-methyl/N-ethyl adjacent to an activating group) is 1. The first-order valence-electron chi connectivity index (χ1n) is 5.89. The molecule has 1 nitrogen and oxygen atoms in total. The van der Waals surface area contributed by atoms with Gasteiger partial charge in [-0.05, 0) is 31.0 Å². The average Bonchev–Trinajstić information content (AvgIpc) is 2.77. The molecular weight excluding hydrogens is 201 g/mol.